The van der Waals surface area contributed by atoms with E-state index in [0.29, 0.717) is 16.8 Å². The summed E-state index contributed by atoms with van der Waals surface area (Å²) in [5.74, 6) is 0.0190. The van der Waals surface area contributed by atoms with Gasteiger partial charge < -0.3 is 9.98 Å². The monoisotopic (exact) mass is 338 g/mol. The zero-order valence-electron chi connectivity index (χ0n) is 14.4. The van der Waals surface area contributed by atoms with Gasteiger partial charge in [0.15, 0.2) is 5.78 Å². The topological polar surface area (TPSA) is 45.9 Å². The first-order valence-corrected chi connectivity index (χ1v) is 8.51. The number of rotatable bonds is 4. The number of nitrogens with zero attached hydrogens (tertiary/aromatic N) is 1. The van der Waals surface area contributed by atoms with Gasteiger partial charge in [-0.2, -0.15) is 0 Å². The Balaban J connectivity index is 1.75. The third-order valence-electron chi connectivity index (χ3n) is 4.56. The van der Waals surface area contributed by atoms with Crippen molar-refractivity contribution in [1.82, 2.24) is 4.57 Å². The molecule has 3 heteroatoms. The van der Waals surface area contributed by atoms with Crippen LogP contribution in [0.2, 0.25) is 0 Å². The van der Waals surface area contributed by atoms with Crippen LogP contribution >= 0.6 is 0 Å². The number of fused-ring (bicyclic) bond motifs is 1. The van der Waals surface area contributed by atoms with Crippen LogP contribution in [-0.2, 0) is 0 Å². The predicted octanol–water partition coefficient (Wildman–Crippen LogP) is 5.25. The largest absolute Gasteiger partial charge is 0.316 e. The van der Waals surface area contributed by atoms with Crippen molar-refractivity contribution in [3.63, 3.8) is 0 Å². The fourth-order valence-electron chi connectivity index (χ4n) is 3.22. The summed E-state index contributed by atoms with van der Waals surface area (Å²) in [7, 11) is 0. The van der Waals surface area contributed by atoms with Crippen molar-refractivity contribution in [3.05, 3.63) is 102 Å². The molecule has 0 saturated carbocycles. The van der Waals surface area contributed by atoms with Crippen molar-refractivity contribution < 1.29 is 4.79 Å². The molecule has 1 aromatic heterocycles. The minimum atomic E-state index is 0.0190. The van der Waals surface area contributed by atoms with Crippen molar-refractivity contribution in [2.45, 2.75) is 6.92 Å². The molecule has 4 rings (SSSR count). The smallest absolute Gasteiger partial charge is 0.193 e. The molecule has 0 atom stereocenters. The standard InChI is InChI=1S/C23H18N2O/c1-16(24)21-15-25(22-10-6-5-9-20(21)22)19-13-11-18(12-14-19)23(26)17-7-3-2-4-8-17/h2-15,24H,1H3. The molecule has 0 spiro atoms. The normalized spacial score (nSPS) is 10.8. The van der Waals surface area contributed by atoms with E-state index in [4.69, 9.17) is 5.41 Å². The lowest BCUT2D eigenvalue weighted by molar-refractivity contribution is 0.103. The highest BCUT2D eigenvalue weighted by atomic mass is 16.1. The zero-order valence-corrected chi connectivity index (χ0v) is 14.4. The van der Waals surface area contributed by atoms with Crippen LogP contribution < -0.4 is 0 Å². The van der Waals surface area contributed by atoms with Crippen LogP contribution in [0.15, 0.2) is 85.1 Å². The number of hydrogen-bond donors (Lipinski definition) is 1. The van der Waals surface area contributed by atoms with Crippen LogP contribution in [0.3, 0.4) is 0 Å². The molecular formula is C23H18N2O. The Kier molecular flexibility index (Phi) is 3.98. The number of hydrogen-bond acceptors (Lipinski definition) is 2. The summed E-state index contributed by atoms with van der Waals surface area (Å²) in [6, 6.07) is 25.0. The van der Waals surface area contributed by atoms with Gasteiger partial charge in [0.05, 0.1) is 5.52 Å². The maximum absolute atomic E-state index is 12.6. The molecule has 0 bridgehead atoms. The molecule has 3 nitrogen and oxygen atoms in total. The molecular weight excluding hydrogens is 320 g/mol. The Labute approximate surface area is 152 Å². The van der Waals surface area contributed by atoms with Crippen molar-refractivity contribution in [1.29, 1.82) is 5.41 Å². The molecule has 126 valence electrons. The maximum Gasteiger partial charge on any atom is 0.193 e. The van der Waals surface area contributed by atoms with Gasteiger partial charge in [-0.3, -0.25) is 4.79 Å². The van der Waals surface area contributed by atoms with Crippen molar-refractivity contribution in [2.75, 3.05) is 0 Å². The average Bonchev–Trinajstić information content (AvgIpc) is 3.08. The zero-order chi connectivity index (χ0) is 18.1. The number of para-hydroxylation sites is 1. The highest BCUT2D eigenvalue weighted by Crippen LogP contribution is 2.25. The van der Waals surface area contributed by atoms with Gasteiger partial charge in [0.2, 0.25) is 0 Å². The van der Waals surface area contributed by atoms with Crippen LogP contribution in [0, 0.1) is 5.41 Å². The van der Waals surface area contributed by atoms with E-state index in [-0.39, 0.29) is 5.78 Å². The highest BCUT2D eigenvalue weighted by molar-refractivity contribution is 6.09. The summed E-state index contributed by atoms with van der Waals surface area (Å²) in [6.45, 7) is 1.80. The molecule has 0 aliphatic heterocycles. The van der Waals surface area contributed by atoms with Crippen molar-refractivity contribution >= 4 is 22.4 Å². The number of ketones is 1. The Morgan fingerprint density at radius 2 is 1.42 bits per heavy atom. The Morgan fingerprint density at radius 3 is 2.12 bits per heavy atom. The first-order chi connectivity index (χ1) is 12.6. The molecule has 1 N–H and O–H groups in total. The Bertz CT molecular complexity index is 1110. The summed E-state index contributed by atoms with van der Waals surface area (Å²) in [6.07, 6.45) is 1.99. The van der Waals surface area contributed by atoms with E-state index in [9.17, 15) is 4.79 Å². The fraction of sp³-hybridized carbons (Fsp3) is 0.0435. The van der Waals surface area contributed by atoms with Crippen LogP contribution in [0.4, 0.5) is 0 Å². The second-order valence-corrected chi connectivity index (χ2v) is 6.30. The Morgan fingerprint density at radius 1 is 0.808 bits per heavy atom. The molecule has 0 saturated heterocycles. The number of aromatic nitrogens is 1. The van der Waals surface area contributed by atoms with Crippen LogP contribution in [0.5, 0.6) is 0 Å². The molecule has 0 aliphatic carbocycles. The van der Waals surface area contributed by atoms with Gasteiger partial charge in [0.1, 0.15) is 0 Å². The van der Waals surface area contributed by atoms with Gasteiger partial charge in [-0.05, 0) is 37.3 Å². The van der Waals surface area contributed by atoms with Gasteiger partial charge in [-0.15, -0.1) is 0 Å². The quantitative estimate of drug-likeness (QED) is 0.401. The fourth-order valence-corrected chi connectivity index (χ4v) is 3.22. The van der Waals surface area contributed by atoms with E-state index < -0.39 is 0 Å². The Hall–Kier alpha value is -3.46. The lowest BCUT2D eigenvalue weighted by Gasteiger charge is -2.07. The van der Waals surface area contributed by atoms with E-state index in [2.05, 4.69) is 4.57 Å². The predicted molar refractivity (Wildman–Crippen MR) is 106 cm³/mol. The van der Waals surface area contributed by atoms with E-state index >= 15 is 0 Å². The highest BCUT2D eigenvalue weighted by Gasteiger charge is 2.12. The number of carbonyl (C=O) groups is 1. The van der Waals surface area contributed by atoms with E-state index in [1.54, 1.807) is 6.92 Å². The van der Waals surface area contributed by atoms with Crippen molar-refractivity contribution in [3.8, 4) is 5.69 Å². The summed E-state index contributed by atoms with van der Waals surface area (Å²) in [5, 5.41) is 9.08. The molecule has 0 amide bonds. The average molecular weight is 338 g/mol. The minimum absolute atomic E-state index is 0.0190. The minimum Gasteiger partial charge on any atom is -0.316 e. The number of nitrogens with one attached hydrogen (secondary N) is 1. The molecule has 1 heterocycles. The third kappa shape index (κ3) is 2.74. The second-order valence-electron chi connectivity index (χ2n) is 6.30. The van der Waals surface area contributed by atoms with Gasteiger partial charge in [0.25, 0.3) is 0 Å². The van der Waals surface area contributed by atoms with E-state index in [1.807, 2.05) is 85.1 Å². The van der Waals surface area contributed by atoms with Crippen molar-refractivity contribution in [2.24, 2.45) is 0 Å². The summed E-state index contributed by atoms with van der Waals surface area (Å²) >= 11 is 0. The summed E-state index contributed by atoms with van der Waals surface area (Å²) < 4.78 is 2.07. The molecule has 26 heavy (non-hydrogen) atoms. The summed E-state index contributed by atoms with van der Waals surface area (Å²) in [4.78, 5) is 12.6. The molecule has 3 aromatic carbocycles. The maximum atomic E-state index is 12.6. The lowest BCUT2D eigenvalue weighted by atomic mass is 10.0. The molecule has 4 aromatic rings. The molecule has 0 aliphatic rings. The number of carbonyl (C=O) groups excluding carboxylic acids is 1. The molecule has 0 fully saturated rings. The molecule has 0 unspecified atom stereocenters. The van der Waals surface area contributed by atoms with E-state index in [1.165, 1.54) is 0 Å². The third-order valence-corrected chi connectivity index (χ3v) is 4.56. The SMILES string of the molecule is CC(=N)c1cn(-c2ccc(C(=O)c3ccccc3)cc2)c2ccccc12. The van der Waals surface area contributed by atoms with Gasteiger partial charge >= 0.3 is 0 Å². The molecule has 0 radical (unpaired) electrons. The van der Waals surface area contributed by atoms with Gasteiger partial charge in [0, 0.05) is 39.7 Å². The number of benzene rings is 3. The van der Waals surface area contributed by atoms with Crippen LogP contribution in [0.1, 0.15) is 28.4 Å². The van der Waals surface area contributed by atoms with Crippen LogP contribution in [0.25, 0.3) is 16.6 Å². The summed E-state index contributed by atoms with van der Waals surface area (Å²) in [5.41, 5.74) is 4.84. The van der Waals surface area contributed by atoms with E-state index in [0.717, 1.165) is 22.2 Å². The van der Waals surface area contributed by atoms with Crippen LogP contribution in [-0.4, -0.2) is 16.1 Å². The first kappa shape index (κ1) is 16.0. The second kappa shape index (κ2) is 6.45. The first-order valence-electron chi connectivity index (χ1n) is 8.51. The lowest BCUT2D eigenvalue weighted by Crippen LogP contribution is -2.01. The van der Waals surface area contributed by atoms with Gasteiger partial charge in [-0.25, -0.2) is 0 Å². The van der Waals surface area contributed by atoms with Gasteiger partial charge in [-0.1, -0.05) is 48.5 Å².